The number of aliphatic hydroxyl groups is 2. The maximum absolute atomic E-state index is 14.6. The van der Waals surface area contributed by atoms with E-state index in [0.717, 1.165) is 28.8 Å². The van der Waals surface area contributed by atoms with Crippen LogP contribution in [0.5, 0.6) is 5.75 Å². The number of hydrogen-bond acceptors (Lipinski definition) is 9. The van der Waals surface area contributed by atoms with Gasteiger partial charge in [-0.15, -0.1) is 0 Å². The van der Waals surface area contributed by atoms with Crippen LogP contribution in [0.4, 0.5) is 17.1 Å². The molecule has 13 heteroatoms. The van der Waals surface area contributed by atoms with E-state index in [0.29, 0.717) is 61.6 Å². The van der Waals surface area contributed by atoms with Crippen molar-refractivity contribution in [1.82, 2.24) is 10.2 Å². The molecule has 4 aliphatic heterocycles. The number of carbonyl (C=O) groups excluding carboxylic acids is 3. The van der Waals surface area contributed by atoms with Crippen LogP contribution in [0.25, 0.3) is 0 Å². The Labute approximate surface area is 324 Å². The lowest BCUT2D eigenvalue weighted by atomic mass is 9.82. The standard InChI is InChI=1S/C42H54N4O8Si/c1-6-53-32-14-16-35-29(20-32)21-34(43-17-9-10-18-47)40(50)46(35)30-13-15-36-33(22-30)42(41(51)44(36)3)26(2)39(55(4,5)52)37(54-42)23-38(49)45-24-28-12-8-7-11-27(28)19-31(45)25-48/h7-8,11-16,20,22,26,31,34,37,39,43,47-48,52H,6,9-10,17-19,21,23-25H2,1-5H3/t26-,31-,34?,37+,39-,42+/m0/s1. The predicted molar refractivity (Wildman–Crippen MR) is 212 cm³/mol. The number of rotatable bonds is 12. The first-order chi connectivity index (χ1) is 26.3. The molecule has 1 fully saturated rings. The summed E-state index contributed by atoms with van der Waals surface area (Å²) in [6.07, 6.45) is 1.54. The minimum Gasteiger partial charge on any atom is -0.494 e. The molecule has 6 atom stereocenters. The summed E-state index contributed by atoms with van der Waals surface area (Å²) in [7, 11) is -1.37. The molecule has 3 aromatic rings. The number of amides is 3. The lowest BCUT2D eigenvalue weighted by molar-refractivity contribution is -0.150. The number of aliphatic hydroxyl groups excluding tert-OH is 2. The van der Waals surface area contributed by atoms with Gasteiger partial charge in [0.05, 0.1) is 49.2 Å². The molecular formula is C42H54N4O8Si. The number of ether oxygens (including phenoxy) is 2. The molecule has 4 N–H and O–H groups in total. The van der Waals surface area contributed by atoms with E-state index in [9.17, 15) is 29.4 Å². The number of likely N-dealkylation sites (N-methyl/N-ethyl adjacent to an activating group) is 1. The van der Waals surface area contributed by atoms with Crippen LogP contribution in [0.3, 0.4) is 0 Å². The van der Waals surface area contributed by atoms with Crippen LogP contribution in [0, 0.1) is 5.92 Å². The van der Waals surface area contributed by atoms with Gasteiger partial charge < -0.3 is 39.6 Å². The second kappa shape index (κ2) is 15.4. The van der Waals surface area contributed by atoms with Crippen molar-refractivity contribution < 1.29 is 38.9 Å². The third-order valence-corrected chi connectivity index (χ3v) is 14.6. The Balaban J connectivity index is 1.25. The molecule has 0 saturated carbocycles. The first-order valence-electron chi connectivity index (χ1n) is 19.6. The van der Waals surface area contributed by atoms with E-state index in [1.165, 1.54) is 0 Å². The van der Waals surface area contributed by atoms with Crippen molar-refractivity contribution in [3.8, 4) is 5.75 Å². The zero-order valence-electron chi connectivity index (χ0n) is 32.5. The molecule has 12 nitrogen and oxygen atoms in total. The van der Waals surface area contributed by atoms with Crippen LogP contribution in [0.1, 0.15) is 55.4 Å². The van der Waals surface area contributed by atoms with Gasteiger partial charge in [-0.05, 0) is 105 Å². The predicted octanol–water partition coefficient (Wildman–Crippen LogP) is 4.15. The summed E-state index contributed by atoms with van der Waals surface area (Å²) in [6, 6.07) is 18.3. The van der Waals surface area contributed by atoms with Crippen molar-refractivity contribution in [2.45, 2.75) is 94.9 Å². The number of unbranched alkanes of at least 4 members (excludes halogenated alkanes) is 1. The Morgan fingerprint density at radius 3 is 2.45 bits per heavy atom. The summed E-state index contributed by atoms with van der Waals surface area (Å²) in [6.45, 7) is 8.85. The van der Waals surface area contributed by atoms with E-state index >= 15 is 0 Å². The van der Waals surface area contributed by atoms with Gasteiger partial charge in [-0.2, -0.15) is 0 Å². The average molecular weight is 771 g/mol. The second-order valence-corrected chi connectivity index (χ2v) is 20.0. The molecule has 0 aromatic heterocycles. The Hall–Kier alpha value is -4.11. The van der Waals surface area contributed by atoms with Gasteiger partial charge in [0.2, 0.25) is 11.8 Å². The fourth-order valence-electron chi connectivity index (χ4n) is 9.56. The van der Waals surface area contributed by atoms with Gasteiger partial charge in [0.25, 0.3) is 5.91 Å². The van der Waals surface area contributed by atoms with Crippen molar-refractivity contribution >= 4 is 43.1 Å². The van der Waals surface area contributed by atoms with Crippen molar-refractivity contribution in [3.63, 3.8) is 0 Å². The minimum atomic E-state index is -3.08. The van der Waals surface area contributed by atoms with Crippen LogP contribution < -0.4 is 19.9 Å². The molecule has 3 aromatic carbocycles. The fourth-order valence-corrected chi connectivity index (χ4v) is 12.1. The normalized spacial score (nSPS) is 26.0. The van der Waals surface area contributed by atoms with Crippen LogP contribution in [-0.4, -0.2) is 97.5 Å². The number of carbonyl (C=O) groups is 3. The molecule has 0 radical (unpaired) electrons. The molecule has 0 aliphatic carbocycles. The van der Waals surface area contributed by atoms with Crippen molar-refractivity contribution in [1.29, 1.82) is 0 Å². The van der Waals surface area contributed by atoms with E-state index in [2.05, 4.69) is 5.32 Å². The highest BCUT2D eigenvalue weighted by atomic mass is 28.4. The Kier molecular flexibility index (Phi) is 11.0. The summed E-state index contributed by atoms with van der Waals surface area (Å²) in [5, 5.41) is 23.1. The highest BCUT2D eigenvalue weighted by molar-refractivity contribution is 6.71. The lowest BCUT2D eigenvalue weighted by Crippen LogP contribution is -2.49. The highest BCUT2D eigenvalue weighted by Gasteiger charge is 2.66. The zero-order chi connectivity index (χ0) is 39.2. The van der Waals surface area contributed by atoms with E-state index < -0.39 is 43.6 Å². The highest BCUT2D eigenvalue weighted by Crippen LogP contribution is 2.60. The number of nitrogens with zero attached hydrogens (tertiary/aromatic N) is 3. The topological polar surface area (TPSA) is 152 Å². The molecule has 4 heterocycles. The maximum atomic E-state index is 14.6. The molecule has 1 unspecified atom stereocenters. The molecule has 4 aliphatic rings. The zero-order valence-corrected chi connectivity index (χ0v) is 33.5. The first kappa shape index (κ1) is 39.1. The number of anilines is 3. The monoisotopic (exact) mass is 770 g/mol. The summed E-state index contributed by atoms with van der Waals surface area (Å²) in [5.74, 6) is -0.402. The van der Waals surface area contributed by atoms with E-state index in [-0.39, 0.29) is 37.4 Å². The number of hydrogen-bond donors (Lipinski definition) is 4. The summed E-state index contributed by atoms with van der Waals surface area (Å²) < 4.78 is 12.8. The number of benzene rings is 3. The minimum absolute atomic E-state index is 0.0534. The first-order valence-corrected chi connectivity index (χ1v) is 22.6. The molecule has 1 spiro atoms. The molecule has 55 heavy (non-hydrogen) atoms. The van der Waals surface area contributed by atoms with Gasteiger partial charge in [-0.3, -0.25) is 19.3 Å². The lowest BCUT2D eigenvalue weighted by Gasteiger charge is -2.37. The Bertz CT molecular complexity index is 1950. The van der Waals surface area contributed by atoms with Crippen molar-refractivity contribution in [2.24, 2.45) is 5.92 Å². The van der Waals surface area contributed by atoms with Crippen LogP contribution >= 0.6 is 0 Å². The summed E-state index contributed by atoms with van der Waals surface area (Å²) in [5.41, 5.74) is 3.64. The Morgan fingerprint density at radius 2 is 1.75 bits per heavy atom. The van der Waals surface area contributed by atoms with Gasteiger partial charge in [-0.25, -0.2) is 0 Å². The molecule has 7 rings (SSSR count). The molecule has 1 saturated heterocycles. The quantitative estimate of drug-likeness (QED) is 0.157. The number of fused-ring (bicyclic) bond motifs is 4. The second-order valence-electron chi connectivity index (χ2n) is 16.0. The number of nitrogens with one attached hydrogen (secondary N) is 1. The van der Waals surface area contributed by atoms with Crippen molar-refractivity contribution in [2.75, 3.05) is 43.2 Å². The van der Waals surface area contributed by atoms with Crippen LogP contribution in [-0.2, 0) is 44.1 Å². The van der Waals surface area contributed by atoms with Crippen LogP contribution in [0.2, 0.25) is 18.6 Å². The van der Waals surface area contributed by atoms with Crippen LogP contribution in [0.15, 0.2) is 60.7 Å². The SMILES string of the molecule is CCOc1ccc2c(c1)CC(NCCCCO)C(=O)N2c1ccc2c(c1)[C@@]1(O[C@H](CC(=O)N3Cc4ccccc4C[C@H]3CO)[C@@H]([Si](C)(C)O)[C@@H]1C)C(=O)N2C. The summed E-state index contributed by atoms with van der Waals surface area (Å²) >= 11 is 0. The van der Waals surface area contributed by atoms with Gasteiger partial charge >= 0.3 is 0 Å². The van der Waals surface area contributed by atoms with E-state index in [1.807, 2.05) is 87.6 Å². The molecule has 294 valence electrons. The molecular weight excluding hydrogens is 717 g/mol. The van der Waals surface area contributed by atoms with Crippen molar-refractivity contribution in [3.05, 3.63) is 82.9 Å². The van der Waals surface area contributed by atoms with Gasteiger partial charge in [0, 0.05) is 42.9 Å². The largest absolute Gasteiger partial charge is 0.494 e. The average Bonchev–Trinajstić information content (AvgIpc) is 3.58. The maximum Gasteiger partial charge on any atom is 0.264 e. The fraction of sp³-hybridized carbons (Fsp3) is 0.500. The molecule has 0 bridgehead atoms. The third-order valence-electron chi connectivity index (χ3n) is 12.1. The van der Waals surface area contributed by atoms with E-state index in [1.54, 1.807) is 21.7 Å². The molecule has 3 amide bonds. The van der Waals surface area contributed by atoms with E-state index in [4.69, 9.17) is 9.47 Å². The Morgan fingerprint density at radius 1 is 1.00 bits per heavy atom. The van der Waals surface area contributed by atoms with Gasteiger partial charge in [0.15, 0.2) is 13.9 Å². The van der Waals surface area contributed by atoms with Gasteiger partial charge in [0.1, 0.15) is 5.75 Å². The smallest absolute Gasteiger partial charge is 0.264 e. The third kappa shape index (κ3) is 6.89. The van der Waals surface area contributed by atoms with Gasteiger partial charge in [-0.1, -0.05) is 31.2 Å². The summed E-state index contributed by atoms with van der Waals surface area (Å²) in [4.78, 5) is 60.0.